The number of hydrogen-bond donors (Lipinski definition) is 1. The highest BCUT2D eigenvalue weighted by Crippen LogP contribution is 2.10. The highest BCUT2D eigenvalue weighted by Gasteiger charge is 2.15. The van der Waals surface area contributed by atoms with Gasteiger partial charge in [-0.1, -0.05) is 25.5 Å². The lowest BCUT2D eigenvalue weighted by molar-refractivity contribution is -0.132. The van der Waals surface area contributed by atoms with Crippen molar-refractivity contribution in [3.8, 4) is 0 Å². The van der Waals surface area contributed by atoms with Crippen LogP contribution in [0, 0.1) is 5.82 Å². The fraction of sp³-hybridized carbons (Fsp3) is 0.533. The molecule has 0 fully saturated rings. The van der Waals surface area contributed by atoms with Gasteiger partial charge in [-0.3, -0.25) is 4.79 Å². The number of nitrogens with two attached hydrogens (primary N) is 1. The van der Waals surface area contributed by atoms with Crippen LogP contribution in [0.1, 0.15) is 38.7 Å². The van der Waals surface area contributed by atoms with Gasteiger partial charge in [0.1, 0.15) is 5.82 Å². The molecule has 0 radical (unpaired) electrons. The number of benzene rings is 1. The summed E-state index contributed by atoms with van der Waals surface area (Å²) in [5.41, 5.74) is 6.69. The molecule has 1 amide bonds. The van der Waals surface area contributed by atoms with Crippen molar-refractivity contribution in [1.82, 2.24) is 4.90 Å². The summed E-state index contributed by atoms with van der Waals surface area (Å²) in [6, 6.07) is 6.26. The van der Waals surface area contributed by atoms with Gasteiger partial charge in [0.25, 0.3) is 0 Å². The Balaban J connectivity index is 2.60. The summed E-state index contributed by atoms with van der Waals surface area (Å²) in [5, 5.41) is 0. The van der Waals surface area contributed by atoms with Gasteiger partial charge in [-0.15, -0.1) is 0 Å². The van der Waals surface area contributed by atoms with E-state index in [1.165, 1.54) is 12.1 Å². The van der Waals surface area contributed by atoms with Gasteiger partial charge in [-0.2, -0.15) is 0 Å². The first-order chi connectivity index (χ1) is 9.06. The third-order valence-corrected chi connectivity index (χ3v) is 3.09. The lowest BCUT2D eigenvalue weighted by Crippen LogP contribution is -2.35. The Labute approximate surface area is 114 Å². The molecule has 1 atom stereocenters. The Morgan fingerprint density at radius 3 is 2.74 bits per heavy atom. The average Bonchev–Trinajstić information content (AvgIpc) is 2.36. The molecule has 0 spiro atoms. The molecule has 0 saturated heterocycles. The summed E-state index contributed by atoms with van der Waals surface area (Å²) in [5.74, 6) is -0.239. The summed E-state index contributed by atoms with van der Waals surface area (Å²) in [4.78, 5) is 13.8. The van der Waals surface area contributed by atoms with Crippen molar-refractivity contribution >= 4 is 5.91 Å². The Bertz CT molecular complexity index is 409. The first-order valence-corrected chi connectivity index (χ1v) is 6.84. The molecule has 0 bridgehead atoms. The number of rotatable bonds is 7. The zero-order chi connectivity index (χ0) is 14.3. The average molecular weight is 266 g/mol. The third kappa shape index (κ3) is 5.39. The molecule has 1 unspecified atom stereocenters. The summed E-state index contributed by atoms with van der Waals surface area (Å²) in [6.45, 7) is 5.01. The maximum absolute atomic E-state index is 13.1. The van der Waals surface area contributed by atoms with E-state index < -0.39 is 0 Å². The second-order valence-electron chi connectivity index (χ2n) is 4.79. The normalized spacial score (nSPS) is 12.2. The zero-order valence-corrected chi connectivity index (χ0v) is 11.7. The van der Waals surface area contributed by atoms with E-state index in [4.69, 9.17) is 5.73 Å². The Kier molecular flexibility index (Phi) is 6.50. The van der Waals surface area contributed by atoms with Gasteiger partial charge in [0.05, 0.1) is 0 Å². The summed E-state index contributed by atoms with van der Waals surface area (Å²) < 4.78 is 13.1. The molecule has 19 heavy (non-hydrogen) atoms. The minimum atomic E-state index is -0.274. The van der Waals surface area contributed by atoms with Gasteiger partial charge in [0, 0.05) is 25.6 Å². The maximum Gasteiger partial charge on any atom is 0.224 e. The molecule has 2 N–H and O–H groups in total. The lowest BCUT2D eigenvalue weighted by atomic mass is 10.1. The highest BCUT2D eigenvalue weighted by molar-refractivity contribution is 5.76. The number of amides is 1. The minimum absolute atomic E-state index is 0.0349. The van der Waals surface area contributed by atoms with Crippen molar-refractivity contribution in [2.45, 2.75) is 45.7 Å². The van der Waals surface area contributed by atoms with Crippen LogP contribution in [0.15, 0.2) is 24.3 Å². The first kappa shape index (κ1) is 15.6. The number of hydrogen-bond acceptors (Lipinski definition) is 2. The third-order valence-electron chi connectivity index (χ3n) is 3.09. The Morgan fingerprint density at radius 1 is 1.42 bits per heavy atom. The van der Waals surface area contributed by atoms with E-state index in [2.05, 4.69) is 6.92 Å². The van der Waals surface area contributed by atoms with Crippen molar-refractivity contribution in [1.29, 1.82) is 0 Å². The smallest absolute Gasteiger partial charge is 0.224 e. The molecule has 1 aromatic rings. The van der Waals surface area contributed by atoms with E-state index in [9.17, 15) is 9.18 Å². The van der Waals surface area contributed by atoms with E-state index in [1.807, 2.05) is 13.0 Å². The van der Waals surface area contributed by atoms with Crippen molar-refractivity contribution in [3.05, 3.63) is 35.6 Å². The summed E-state index contributed by atoms with van der Waals surface area (Å²) in [7, 11) is 0. The monoisotopic (exact) mass is 266 g/mol. The molecule has 106 valence electrons. The molecule has 3 nitrogen and oxygen atoms in total. The molecule has 0 saturated carbocycles. The molecule has 1 rings (SSSR count). The standard InChI is InChI=1S/C15H23FN2O/c1-3-6-14(17)10-15(19)18(4-2)11-12-7-5-8-13(16)9-12/h5,7-9,14H,3-4,6,10-11,17H2,1-2H3. The quantitative estimate of drug-likeness (QED) is 0.824. The lowest BCUT2D eigenvalue weighted by Gasteiger charge is -2.22. The first-order valence-electron chi connectivity index (χ1n) is 6.84. The molecule has 0 aliphatic carbocycles. The van der Waals surface area contributed by atoms with E-state index in [0.29, 0.717) is 19.5 Å². The molecule has 0 aromatic heterocycles. The molecular weight excluding hydrogens is 243 g/mol. The number of halogens is 1. The SMILES string of the molecule is CCCC(N)CC(=O)N(CC)Cc1cccc(F)c1. The fourth-order valence-corrected chi connectivity index (χ4v) is 2.06. The second kappa shape index (κ2) is 7.89. The van der Waals surface area contributed by atoms with E-state index >= 15 is 0 Å². The van der Waals surface area contributed by atoms with Crippen molar-refractivity contribution in [2.24, 2.45) is 5.73 Å². The molecule has 1 aromatic carbocycles. The summed E-state index contributed by atoms with van der Waals surface area (Å²) in [6.07, 6.45) is 2.19. The van der Waals surface area contributed by atoms with Crippen LogP contribution < -0.4 is 5.73 Å². The Morgan fingerprint density at radius 2 is 2.16 bits per heavy atom. The minimum Gasteiger partial charge on any atom is -0.339 e. The van der Waals surface area contributed by atoms with Crippen molar-refractivity contribution in [2.75, 3.05) is 6.54 Å². The van der Waals surface area contributed by atoms with Crippen LogP contribution >= 0.6 is 0 Å². The van der Waals surface area contributed by atoms with Crippen molar-refractivity contribution in [3.63, 3.8) is 0 Å². The van der Waals surface area contributed by atoms with Crippen LogP contribution in [-0.4, -0.2) is 23.4 Å². The highest BCUT2D eigenvalue weighted by atomic mass is 19.1. The Hall–Kier alpha value is -1.42. The van der Waals surface area contributed by atoms with Gasteiger partial charge >= 0.3 is 0 Å². The van der Waals surface area contributed by atoms with Gasteiger partial charge in [-0.05, 0) is 31.0 Å². The second-order valence-corrected chi connectivity index (χ2v) is 4.79. The van der Waals surface area contributed by atoms with Gasteiger partial charge in [-0.25, -0.2) is 4.39 Å². The predicted molar refractivity (Wildman–Crippen MR) is 75.0 cm³/mol. The molecular formula is C15H23FN2O. The van der Waals surface area contributed by atoms with Crippen LogP contribution in [0.3, 0.4) is 0 Å². The number of nitrogens with zero attached hydrogens (tertiary/aromatic N) is 1. The largest absolute Gasteiger partial charge is 0.339 e. The van der Waals surface area contributed by atoms with Crippen LogP contribution in [0.25, 0.3) is 0 Å². The van der Waals surface area contributed by atoms with Gasteiger partial charge in [0.2, 0.25) is 5.91 Å². The fourth-order valence-electron chi connectivity index (χ4n) is 2.06. The molecule has 0 aliphatic rings. The van der Waals surface area contributed by atoms with Crippen LogP contribution in [-0.2, 0) is 11.3 Å². The van der Waals surface area contributed by atoms with Crippen molar-refractivity contribution < 1.29 is 9.18 Å². The molecule has 0 heterocycles. The molecule has 0 aliphatic heterocycles. The van der Waals surface area contributed by atoms with E-state index in [-0.39, 0.29) is 17.8 Å². The van der Waals surface area contributed by atoms with Crippen LogP contribution in [0.5, 0.6) is 0 Å². The van der Waals surface area contributed by atoms with Crippen LogP contribution in [0.4, 0.5) is 4.39 Å². The number of carbonyl (C=O) groups excluding carboxylic acids is 1. The summed E-state index contributed by atoms with van der Waals surface area (Å²) >= 11 is 0. The van der Waals surface area contributed by atoms with Gasteiger partial charge < -0.3 is 10.6 Å². The zero-order valence-electron chi connectivity index (χ0n) is 11.7. The topological polar surface area (TPSA) is 46.3 Å². The van der Waals surface area contributed by atoms with Crippen LogP contribution in [0.2, 0.25) is 0 Å². The molecule has 4 heteroatoms. The van der Waals surface area contributed by atoms with E-state index in [1.54, 1.807) is 11.0 Å². The predicted octanol–water partition coefficient (Wildman–Crippen LogP) is 2.69. The van der Waals surface area contributed by atoms with Gasteiger partial charge in [0.15, 0.2) is 0 Å². The van der Waals surface area contributed by atoms with E-state index in [0.717, 1.165) is 18.4 Å². The number of carbonyl (C=O) groups is 1. The maximum atomic E-state index is 13.1.